The molecule has 1 aliphatic rings. The van der Waals surface area contributed by atoms with Gasteiger partial charge in [-0.3, -0.25) is 0 Å². The number of aliphatic hydroxyl groups is 1. The quantitative estimate of drug-likeness (QED) is 0.805. The van der Waals surface area contributed by atoms with Crippen LogP contribution in [-0.2, 0) is 0 Å². The molecule has 2 N–H and O–H groups in total. The molecule has 146 valence electrons. The number of benzene rings is 1. The zero-order chi connectivity index (χ0) is 19.3. The van der Waals surface area contributed by atoms with Crippen molar-refractivity contribution in [3.05, 3.63) is 29.8 Å². The van der Waals surface area contributed by atoms with Crippen LogP contribution < -0.4 is 10.1 Å². The number of rotatable bonds is 6. The summed E-state index contributed by atoms with van der Waals surface area (Å²) in [5, 5.41) is 12.3. The summed E-state index contributed by atoms with van der Waals surface area (Å²) in [5.41, 5.74) is 0.834. The summed E-state index contributed by atoms with van der Waals surface area (Å²) in [4.78, 5) is 13.7. The van der Waals surface area contributed by atoms with Gasteiger partial charge in [-0.05, 0) is 31.7 Å². The molecule has 26 heavy (non-hydrogen) atoms. The fourth-order valence-corrected chi connectivity index (χ4v) is 3.13. The summed E-state index contributed by atoms with van der Waals surface area (Å²) < 4.78 is 33.2. The number of amides is 2. The molecule has 1 aliphatic heterocycles. The number of para-hydroxylation sites is 1. The molecule has 0 aliphatic carbocycles. The van der Waals surface area contributed by atoms with Crippen molar-refractivity contribution in [1.82, 2.24) is 10.2 Å². The van der Waals surface area contributed by atoms with Crippen LogP contribution in [0.15, 0.2) is 24.3 Å². The predicted molar refractivity (Wildman–Crippen MR) is 95.5 cm³/mol. The minimum atomic E-state index is -3.29. The number of halogens is 2. The molecule has 5 nitrogen and oxygen atoms in total. The summed E-state index contributed by atoms with van der Waals surface area (Å²) in [6, 6.07) is 6.55. The number of urea groups is 1. The highest BCUT2D eigenvalue weighted by Crippen LogP contribution is 2.31. The van der Waals surface area contributed by atoms with E-state index >= 15 is 0 Å². The third kappa shape index (κ3) is 5.06. The van der Waals surface area contributed by atoms with Gasteiger partial charge in [0.15, 0.2) is 0 Å². The van der Waals surface area contributed by atoms with Gasteiger partial charge in [-0.25, -0.2) is 13.6 Å². The van der Waals surface area contributed by atoms with Crippen LogP contribution >= 0.6 is 0 Å². The monoisotopic (exact) mass is 370 g/mol. The Morgan fingerprint density at radius 2 is 2.12 bits per heavy atom. The summed E-state index contributed by atoms with van der Waals surface area (Å²) in [7, 11) is 0. The normalized spacial score (nSPS) is 20.7. The molecule has 1 saturated heterocycles. The molecule has 0 bridgehead atoms. The topological polar surface area (TPSA) is 61.8 Å². The number of alkyl halides is 2. The molecule has 2 amide bonds. The van der Waals surface area contributed by atoms with E-state index in [1.165, 1.54) is 0 Å². The lowest BCUT2D eigenvalue weighted by Gasteiger charge is -2.36. The molecule has 0 radical (unpaired) electrons. The Kier molecular flexibility index (Phi) is 6.81. The number of piperidine rings is 1. The van der Waals surface area contributed by atoms with Crippen molar-refractivity contribution in [3.63, 3.8) is 0 Å². The van der Waals surface area contributed by atoms with Crippen molar-refractivity contribution in [2.24, 2.45) is 5.92 Å². The van der Waals surface area contributed by atoms with Crippen molar-refractivity contribution in [2.45, 2.75) is 51.7 Å². The third-order valence-corrected chi connectivity index (χ3v) is 4.45. The number of aliphatic hydroxyl groups excluding tert-OH is 1. The Bertz CT molecular complexity index is 610. The van der Waals surface area contributed by atoms with Gasteiger partial charge in [0.05, 0.1) is 19.2 Å². The second-order valence-corrected chi connectivity index (χ2v) is 7.09. The maximum absolute atomic E-state index is 13.8. The second-order valence-electron chi connectivity index (χ2n) is 7.09. The lowest BCUT2D eigenvalue weighted by atomic mass is 9.96. The van der Waals surface area contributed by atoms with E-state index in [4.69, 9.17) is 4.74 Å². The number of carbonyl (C=O) groups excluding carboxylic acids is 1. The zero-order valence-corrected chi connectivity index (χ0v) is 15.5. The first-order valence-corrected chi connectivity index (χ1v) is 9.07. The van der Waals surface area contributed by atoms with Gasteiger partial charge in [0.1, 0.15) is 11.9 Å². The van der Waals surface area contributed by atoms with Gasteiger partial charge in [0.25, 0.3) is 5.92 Å². The highest BCUT2D eigenvalue weighted by Gasteiger charge is 2.45. The molecule has 0 saturated carbocycles. The molecule has 2 unspecified atom stereocenters. The Balaban J connectivity index is 2.17. The van der Waals surface area contributed by atoms with E-state index in [1.54, 1.807) is 0 Å². The molecule has 1 heterocycles. The molecule has 0 spiro atoms. The first-order valence-electron chi connectivity index (χ1n) is 9.07. The van der Waals surface area contributed by atoms with Gasteiger partial charge in [0.2, 0.25) is 0 Å². The Morgan fingerprint density at radius 1 is 1.42 bits per heavy atom. The van der Waals surface area contributed by atoms with Crippen LogP contribution in [0.5, 0.6) is 5.75 Å². The predicted octanol–water partition coefficient (Wildman–Crippen LogP) is 3.58. The molecule has 2 atom stereocenters. The minimum absolute atomic E-state index is 0.101. The summed E-state index contributed by atoms with van der Waals surface area (Å²) in [5.74, 6) is -2.31. The van der Waals surface area contributed by atoms with E-state index < -0.39 is 24.6 Å². The second kappa shape index (κ2) is 8.66. The maximum Gasteiger partial charge on any atom is 0.318 e. The number of nitrogens with one attached hydrogen (secondary N) is 1. The Morgan fingerprint density at radius 3 is 2.73 bits per heavy atom. The lowest BCUT2D eigenvalue weighted by Crippen LogP contribution is -2.55. The Labute approximate surface area is 153 Å². The number of carbonyl (C=O) groups is 1. The average Bonchev–Trinajstić information content (AvgIpc) is 2.57. The largest absolute Gasteiger partial charge is 0.494 e. The maximum atomic E-state index is 13.8. The molecule has 1 fully saturated rings. The van der Waals surface area contributed by atoms with Crippen LogP contribution in [0.4, 0.5) is 13.6 Å². The van der Waals surface area contributed by atoms with Crippen molar-refractivity contribution in [3.8, 4) is 5.75 Å². The first-order chi connectivity index (χ1) is 12.2. The van der Waals surface area contributed by atoms with Gasteiger partial charge in [-0.2, -0.15) is 0 Å². The zero-order valence-electron chi connectivity index (χ0n) is 15.5. The van der Waals surface area contributed by atoms with Gasteiger partial charge < -0.3 is 20.1 Å². The van der Waals surface area contributed by atoms with Crippen LogP contribution in [0.2, 0.25) is 0 Å². The van der Waals surface area contributed by atoms with Gasteiger partial charge in [-0.1, -0.05) is 32.0 Å². The molecule has 2 rings (SSSR count). The fraction of sp³-hybridized carbons (Fsp3) is 0.632. The summed E-state index contributed by atoms with van der Waals surface area (Å²) >= 11 is 0. The van der Waals surface area contributed by atoms with Gasteiger partial charge in [-0.15, -0.1) is 0 Å². The van der Waals surface area contributed by atoms with E-state index in [9.17, 15) is 18.7 Å². The first kappa shape index (κ1) is 20.4. The third-order valence-electron chi connectivity index (χ3n) is 4.45. The minimum Gasteiger partial charge on any atom is -0.494 e. The standard InChI is InChI=1S/C19H28F2N2O3/c1-4-26-16-8-6-5-7-14(16)15(11-13(2)3)22-18(25)23-10-9-17(24)19(20,21)12-23/h5-8,13,15,17,24H,4,9-12H2,1-3H3,(H,22,25). The number of nitrogens with zero attached hydrogens (tertiary/aromatic N) is 1. The van der Waals surface area contributed by atoms with Gasteiger partial charge >= 0.3 is 6.03 Å². The van der Waals surface area contributed by atoms with Crippen LogP contribution in [0.1, 0.15) is 45.2 Å². The number of hydrogen-bond acceptors (Lipinski definition) is 3. The van der Waals surface area contributed by atoms with Crippen LogP contribution in [0.3, 0.4) is 0 Å². The average molecular weight is 370 g/mol. The van der Waals surface area contributed by atoms with Crippen LogP contribution in [0.25, 0.3) is 0 Å². The smallest absolute Gasteiger partial charge is 0.318 e. The van der Waals surface area contributed by atoms with E-state index in [2.05, 4.69) is 5.32 Å². The summed E-state index contributed by atoms with van der Waals surface area (Å²) in [6.45, 7) is 5.77. The lowest BCUT2D eigenvalue weighted by molar-refractivity contribution is -0.141. The molecule has 1 aromatic rings. The van der Waals surface area contributed by atoms with Crippen molar-refractivity contribution < 1.29 is 23.4 Å². The van der Waals surface area contributed by atoms with Crippen molar-refractivity contribution >= 4 is 6.03 Å². The number of ether oxygens (including phenoxy) is 1. The highest BCUT2D eigenvalue weighted by molar-refractivity contribution is 5.75. The van der Waals surface area contributed by atoms with Gasteiger partial charge in [0, 0.05) is 12.1 Å². The molecular formula is C19H28F2N2O3. The number of hydrogen-bond donors (Lipinski definition) is 2. The molecule has 7 heteroatoms. The van der Waals surface area contributed by atoms with Crippen molar-refractivity contribution in [2.75, 3.05) is 19.7 Å². The van der Waals surface area contributed by atoms with E-state index in [-0.39, 0.29) is 19.0 Å². The highest BCUT2D eigenvalue weighted by atomic mass is 19.3. The molecular weight excluding hydrogens is 342 g/mol. The fourth-order valence-electron chi connectivity index (χ4n) is 3.13. The Hall–Kier alpha value is -1.89. The van der Waals surface area contributed by atoms with Crippen LogP contribution in [0, 0.1) is 5.92 Å². The van der Waals surface area contributed by atoms with E-state index in [0.717, 1.165) is 10.5 Å². The van der Waals surface area contributed by atoms with E-state index in [0.29, 0.717) is 24.7 Å². The van der Waals surface area contributed by atoms with Crippen LogP contribution in [-0.4, -0.2) is 47.8 Å². The van der Waals surface area contributed by atoms with Crippen molar-refractivity contribution in [1.29, 1.82) is 0 Å². The number of likely N-dealkylation sites (tertiary alicyclic amines) is 1. The SMILES string of the molecule is CCOc1ccccc1C(CC(C)C)NC(=O)N1CCC(O)C(F)(F)C1. The molecule has 1 aromatic carbocycles. The summed E-state index contributed by atoms with van der Waals surface area (Å²) in [6.07, 6.45) is -1.18. The molecule has 0 aromatic heterocycles. The van der Waals surface area contributed by atoms with E-state index in [1.807, 2.05) is 45.0 Å².